The molecule has 0 spiro atoms. The Morgan fingerprint density at radius 3 is 2.58 bits per heavy atom. The quantitative estimate of drug-likeness (QED) is 0.676. The Morgan fingerprint density at radius 2 is 2.00 bits per heavy atom. The maximum atomic E-state index is 12.5. The van der Waals surface area contributed by atoms with Crippen molar-refractivity contribution < 1.29 is 13.6 Å². The van der Waals surface area contributed by atoms with E-state index in [-0.39, 0.29) is 6.42 Å². The first kappa shape index (κ1) is 8.84. The number of aryl methyl sites for hydroxylation is 1. The lowest BCUT2D eigenvalue weighted by Crippen LogP contribution is -1.90. The summed E-state index contributed by atoms with van der Waals surface area (Å²) < 4.78 is 24.9. The van der Waals surface area contributed by atoms with E-state index in [1.807, 2.05) is 0 Å². The molecule has 0 atom stereocenters. The van der Waals surface area contributed by atoms with Gasteiger partial charge in [0.05, 0.1) is 0 Å². The van der Waals surface area contributed by atoms with E-state index in [2.05, 4.69) is 0 Å². The molecule has 1 aromatic carbocycles. The maximum absolute atomic E-state index is 12.5. The maximum Gasteiger partial charge on any atom is 0.198 e. The SMILES string of the molecule is O=[C]CCc1ccc(F)c(F)c1. The minimum Gasteiger partial charge on any atom is -0.291 e. The smallest absolute Gasteiger partial charge is 0.198 e. The van der Waals surface area contributed by atoms with Crippen molar-refractivity contribution in [2.75, 3.05) is 0 Å². The molecule has 0 N–H and O–H groups in total. The fraction of sp³-hybridized carbons (Fsp3) is 0.222. The highest BCUT2D eigenvalue weighted by Crippen LogP contribution is 2.09. The summed E-state index contributed by atoms with van der Waals surface area (Å²) in [6.45, 7) is 0. The first-order valence-electron chi connectivity index (χ1n) is 3.53. The molecule has 1 aromatic rings. The third-order valence-corrected chi connectivity index (χ3v) is 1.50. The summed E-state index contributed by atoms with van der Waals surface area (Å²) in [7, 11) is 0. The molecule has 0 aliphatic heterocycles. The second-order valence-corrected chi connectivity index (χ2v) is 2.39. The van der Waals surface area contributed by atoms with Crippen molar-refractivity contribution in [3.63, 3.8) is 0 Å². The van der Waals surface area contributed by atoms with Crippen LogP contribution in [0.5, 0.6) is 0 Å². The monoisotopic (exact) mass is 169 g/mol. The molecule has 0 aliphatic carbocycles. The molecule has 0 saturated heterocycles. The van der Waals surface area contributed by atoms with Gasteiger partial charge in [-0.05, 0) is 24.1 Å². The number of carbonyl (C=O) groups excluding carboxylic acids is 1. The highest BCUT2D eigenvalue weighted by atomic mass is 19.2. The lowest BCUT2D eigenvalue weighted by molar-refractivity contribution is 0.507. The van der Waals surface area contributed by atoms with Gasteiger partial charge < -0.3 is 0 Å². The Kier molecular flexibility index (Phi) is 2.91. The van der Waals surface area contributed by atoms with Gasteiger partial charge in [0, 0.05) is 6.42 Å². The van der Waals surface area contributed by atoms with Gasteiger partial charge in [-0.3, -0.25) is 4.79 Å². The van der Waals surface area contributed by atoms with Crippen LogP contribution in [0.3, 0.4) is 0 Å². The van der Waals surface area contributed by atoms with E-state index in [1.165, 1.54) is 6.07 Å². The minimum absolute atomic E-state index is 0.213. The van der Waals surface area contributed by atoms with Crippen LogP contribution in [0.15, 0.2) is 18.2 Å². The standard InChI is InChI=1S/C9H7F2O/c10-8-4-3-7(2-1-5-12)6-9(8)11/h3-4,6H,1-2H2. The van der Waals surface area contributed by atoms with Crippen molar-refractivity contribution in [3.8, 4) is 0 Å². The molecular weight excluding hydrogens is 162 g/mol. The fourth-order valence-electron chi connectivity index (χ4n) is 0.891. The van der Waals surface area contributed by atoms with Gasteiger partial charge in [0.15, 0.2) is 17.9 Å². The van der Waals surface area contributed by atoms with E-state index in [9.17, 15) is 13.6 Å². The Bertz CT molecular complexity index is 284. The summed E-state index contributed by atoms with van der Waals surface area (Å²) in [6.07, 6.45) is 2.30. The number of halogens is 2. The van der Waals surface area contributed by atoms with Crippen LogP contribution in [0.4, 0.5) is 8.78 Å². The molecule has 0 bridgehead atoms. The van der Waals surface area contributed by atoms with Gasteiger partial charge in [-0.15, -0.1) is 0 Å². The van der Waals surface area contributed by atoms with Crippen LogP contribution in [-0.4, -0.2) is 6.29 Å². The van der Waals surface area contributed by atoms with Crippen molar-refractivity contribution >= 4 is 6.29 Å². The third-order valence-electron chi connectivity index (χ3n) is 1.50. The Morgan fingerprint density at radius 1 is 1.25 bits per heavy atom. The lowest BCUT2D eigenvalue weighted by atomic mass is 10.1. The number of benzene rings is 1. The van der Waals surface area contributed by atoms with Crippen molar-refractivity contribution in [1.29, 1.82) is 0 Å². The second kappa shape index (κ2) is 3.95. The van der Waals surface area contributed by atoms with Gasteiger partial charge in [0.25, 0.3) is 0 Å². The molecule has 1 nitrogen and oxygen atoms in total. The van der Waals surface area contributed by atoms with Crippen LogP contribution in [0.2, 0.25) is 0 Å². The molecular formula is C9H7F2O. The molecule has 0 amide bonds. The van der Waals surface area contributed by atoms with Crippen molar-refractivity contribution in [3.05, 3.63) is 35.4 Å². The molecule has 0 heterocycles. The minimum atomic E-state index is -0.876. The molecule has 0 unspecified atom stereocenters. The van der Waals surface area contributed by atoms with Gasteiger partial charge in [-0.2, -0.15) is 0 Å². The predicted octanol–water partition coefficient (Wildman–Crippen LogP) is 2.01. The zero-order valence-electron chi connectivity index (χ0n) is 6.31. The summed E-state index contributed by atoms with van der Waals surface area (Å²) in [6, 6.07) is 3.60. The van der Waals surface area contributed by atoms with Gasteiger partial charge in [-0.25, -0.2) is 8.78 Å². The van der Waals surface area contributed by atoms with Gasteiger partial charge in [-0.1, -0.05) is 6.07 Å². The molecule has 12 heavy (non-hydrogen) atoms. The highest BCUT2D eigenvalue weighted by Gasteiger charge is 2.01. The second-order valence-electron chi connectivity index (χ2n) is 2.39. The number of hydrogen-bond acceptors (Lipinski definition) is 1. The van der Waals surface area contributed by atoms with Crippen LogP contribution < -0.4 is 0 Å². The van der Waals surface area contributed by atoms with Crippen LogP contribution >= 0.6 is 0 Å². The molecule has 1 radical (unpaired) electrons. The highest BCUT2D eigenvalue weighted by molar-refractivity contribution is 5.51. The van der Waals surface area contributed by atoms with E-state index in [0.717, 1.165) is 12.1 Å². The first-order valence-corrected chi connectivity index (χ1v) is 3.53. The summed E-state index contributed by atoms with van der Waals surface area (Å²) >= 11 is 0. The Balaban J connectivity index is 2.75. The average Bonchev–Trinajstić information content (AvgIpc) is 2.07. The molecule has 63 valence electrons. The normalized spacial score (nSPS) is 9.83. The molecule has 0 saturated carbocycles. The largest absolute Gasteiger partial charge is 0.291 e. The van der Waals surface area contributed by atoms with Gasteiger partial charge >= 0.3 is 0 Å². The van der Waals surface area contributed by atoms with Crippen LogP contribution in [-0.2, 0) is 11.2 Å². The summed E-state index contributed by atoms with van der Waals surface area (Å²) in [5, 5.41) is 0. The average molecular weight is 169 g/mol. The number of hydrogen-bond donors (Lipinski definition) is 0. The van der Waals surface area contributed by atoms with Gasteiger partial charge in [0.2, 0.25) is 0 Å². The molecule has 0 aliphatic rings. The van der Waals surface area contributed by atoms with E-state index in [0.29, 0.717) is 12.0 Å². The molecule has 1 rings (SSSR count). The van der Waals surface area contributed by atoms with Crippen LogP contribution in [0.25, 0.3) is 0 Å². The van der Waals surface area contributed by atoms with Crippen molar-refractivity contribution in [1.82, 2.24) is 0 Å². The van der Waals surface area contributed by atoms with Crippen LogP contribution in [0.1, 0.15) is 12.0 Å². The third kappa shape index (κ3) is 2.12. The topological polar surface area (TPSA) is 17.1 Å². The molecule has 3 heteroatoms. The molecule has 0 aromatic heterocycles. The summed E-state index contributed by atoms with van der Waals surface area (Å²) in [5.41, 5.74) is 0.609. The zero-order valence-corrected chi connectivity index (χ0v) is 6.31. The Labute approximate surface area is 69.0 Å². The predicted molar refractivity (Wildman–Crippen MR) is 40.4 cm³/mol. The lowest BCUT2D eigenvalue weighted by Gasteiger charge is -1.97. The van der Waals surface area contributed by atoms with E-state index < -0.39 is 11.6 Å². The fourth-order valence-corrected chi connectivity index (χ4v) is 0.891. The van der Waals surface area contributed by atoms with E-state index >= 15 is 0 Å². The van der Waals surface area contributed by atoms with E-state index in [4.69, 9.17) is 0 Å². The Hall–Kier alpha value is -1.25. The van der Waals surface area contributed by atoms with E-state index in [1.54, 1.807) is 6.29 Å². The summed E-state index contributed by atoms with van der Waals surface area (Å²) in [4.78, 5) is 9.84. The first-order chi connectivity index (χ1) is 5.74. The van der Waals surface area contributed by atoms with Crippen LogP contribution in [0, 0.1) is 11.6 Å². The summed E-state index contributed by atoms with van der Waals surface area (Å²) in [5.74, 6) is -1.74. The number of rotatable bonds is 3. The zero-order chi connectivity index (χ0) is 8.97. The molecule has 0 fully saturated rings. The van der Waals surface area contributed by atoms with Crippen molar-refractivity contribution in [2.24, 2.45) is 0 Å². The van der Waals surface area contributed by atoms with Crippen molar-refractivity contribution in [2.45, 2.75) is 12.8 Å². The van der Waals surface area contributed by atoms with Gasteiger partial charge in [0.1, 0.15) is 0 Å².